The number of nitrogens with zero attached hydrogens (tertiary/aromatic N) is 5. The molecule has 7 nitrogen and oxygen atoms in total. The Kier molecular flexibility index (Phi) is 3.34. The van der Waals surface area contributed by atoms with Crippen molar-refractivity contribution >= 4 is 15.9 Å². The summed E-state index contributed by atoms with van der Waals surface area (Å²) in [6.45, 7) is 0. The van der Waals surface area contributed by atoms with Crippen LogP contribution in [0.3, 0.4) is 0 Å². The Labute approximate surface area is 106 Å². The van der Waals surface area contributed by atoms with Crippen LogP contribution in [0.4, 0.5) is 0 Å². The van der Waals surface area contributed by atoms with Crippen molar-refractivity contribution in [2.24, 2.45) is 12.8 Å². The van der Waals surface area contributed by atoms with Gasteiger partial charge in [-0.1, -0.05) is 5.21 Å². The lowest BCUT2D eigenvalue weighted by Gasteiger charge is -2.11. The summed E-state index contributed by atoms with van der Waals surface area (Å²) in [4.78, 5) is 8.05. The lowest BCUT2D eigenvalue weighted by Crippen LogP contribution is -2.18. The third-order valence-corrected chi connectivity index (χ3v) is 2.88. The smallest absolute Gasteiger partial charge is 0.216 e. The summed E-state index contributed by atoms with van der Waals surface area (Å²) in [5.74, 6) is 0.469. The molecule has 1 unspecified atom stereocenters. The quantitative estimate of drug-likeness (QED) is 0.883. The molecule has 0 aromatic carbocycles. The average Bonchev–Trinajstić information content (AvgIpc) is 2.68. The van der Waals surface area contributed by atoms with E-state index >= 15 is 0 Å². The van der Waals surface area contributed by atoms with Crippen molar-refractivity contribution in [1.82, 2.24) is 25.0 Å². The van der Waals surface area contributed by atoms with Gasteiger partial charge in [0.1, 0.15) is 6.33 Å². The van der Waals surface area contributed by atoms with Crippen molar-refractivity contribution in [2.75, 3.05) is 7.11 Å². The fourth-order valence-electron chi connectivity index (χ4n) is 1.44. The van der Waals surface area contributed by atoms with Crippen LogP contribution in [-0.4, -0.2) is 32.1 Å². The number of rotatable bonds is 3. The highest BCUT2D eigenvalue weighted by Crippen LogP contribution is 2.24. The molecule has 0 fully saturated rings. The number of halogens is 1. The minimum absolute atomic E-state index is 0.443. The van der Waals surface area contributed by atoms with Gasteiger partial charge in [-0.3, -0.25) is 0 Å². The minimum atomic E-state index is -0.443. The molecule has 2 N–H and O–H groups in total. The highest BCUT2D eigenvalue weighted by molar-refractivity contribution is 9.10. The van der Waals surface area contributed by atoms with Gasteiger partial charge in [0, 0.05) is 13.1 Å². The van der Waals surface area contributed by atoms with Crippen LogP contribution in [0.5, 0.6) is 5.88 Å². The lowest BCUT2D eigenvalue weighted by molar-refractivity contribution is 0.395. The molecular formula is C9H11BrN6O. The van der Waals surface area contributed by atoms with Gasteiger partial charge in [-0.05, 0) is 15.9 Å². The van der Waals surface area contributed by atoms with Crippen LogP contribution in [-0.2, 0) is 7.05 Å². The van der Waals surface area contributed by atoms with Gasteiger partial charge in [0.05, 0.1) is 24.5 Å². The van der Waals surface area contributed by atoms with E-state index in [0.29, 0.717) is 16.2 Å². The molecule has 0 aliphatic carbocycles. The number of nitrogens with two attached hydrogens (primary N) is 1. The summed E-state index contributed by atoms with van der Waals surface area (Å²) >= 11 is 3.30. The zero-order valence-corrected chi connectivity index (χ0v) is 10.9. The van der Waals surface area contributed by atoms with Crippen LogP contribution < -0.4 is 10.5 Å². The molecule has 2 aromatic rings. The van der Waals surface area contributed by atoms with Crippen LogP contribution in [0, 0.1) is 0 Å². The molecule has 1 atom stereocenters. The van der Waals surface area contributed by atoms with Crippen molar-refractivity contribution < 1.29 is 4.74 Å². The largest absolute Gasteiger partial charge is 0.481 e. The van der Waals surface area contributed by atoms with Gasteiger partial charge in [0.2, 0.25) is 5.88 Å². The SMILES string of the molecule is COc1cc(C(N)c2c(Br)nnn2C)ncn1. The Hall–Kier alpha value is -1.54. The van der Waals surface area contributed by atoms with Crippen molar-refractivity contribution in [3.8, 4) is 5.88 Å². The maximum atomic E-state index is 6.11. The molecule has 2 aromatic heterocycles. The number of hydrogen-bond acceptors (Lipinski definition) is 6. The third kappa shape index (κ3) is 2.27. The molecule has 0 aliphatic heterocycles. The maximum Gasteiger partial charge on any atom is 0.216 e. The summed E-state index contributed by atoms with van der Waals surface area (Å²) in [6.07, 6.45) is 1.41. The normalized spacial score (nSPS) is 12.5. The minimum Gasteiger partial charge on any atom is -0.481 e. The third-order valence-electron chi connectivity index (χ3n) is 2.31. The van der Waals surface area contributed by atoms with Crippen LogP contribution in [0.15, 0.2) is 17.0 Å². The molecule has 8 heteroatoms. The average molecular weight is 299 g/mol. The van der Waals surface area contributed by atoms with Gasteiger partial charge < -0.3 is 10.5 Å². The van der Waals surface area contributed by atoms with E-state index in [1.165, 1.54) is 6.33 Å². The molecular weight excluding hydrogens is 288 g/mol. The van der Waals surface area contributed by atoms with E-state index < -0.39 is 6.04 Å². The van der Waals surface area contributed by atoms with E-state index in [1.54, 1.807) is 24.9 Å². The highest BCUT2D eigenvalue weighted by Gasteiger charge is 2.19. The van der Waals surface area contributed by atoms with Gasteiger partial charge in [-0.2, -0.15) is 0 Å². The number of hydrogen-bond donors (Lipinski definition) is 1. The molecule has 0 saturated carbocycles. The van der Waals surface area contributed by atoms with E-state index in [0.717, 1.165) is 5.69 Å². The molecule has 0 bridgehead atoms. The summed E-state index contributed by atoms with van der Waals surface area (Å²) in [5.41, 5.74) is 7.49. The van der Waals surface area contributed by atoms with E-state index in [1.807, 2.05) is 0 Å². The number of ether oxygens (including phenoxy) is 1. The van der Waals surface area contributed by atoms with Crippen molar-refractivity contribution in [2.45, 2.75) is 6.04 Å². The monoisotopic (exact) mass is 298 g/mol. The fraction of sp³-hybridized carbons (Fsp3) is 0.333. The van der Waals surface area contributed by atoms with Gasteiger partial charge in [-0.25, -0.2) is 14.6 Å². The van der Waals surface area contributed by atoms with Crippen molar-refractivity contribution in [3.05, 3.63) is 28.4 Å². The lowest BCUT2D eigenvalue weighted by atomic mass is 10.1. The molecule has 0 radical (unpaired) electrons. The first kappa shape index (κ1) is 11.9. The van der Waals surface area contributed by atoms with Crippen LogP contribution in [0.2, 0.25) is 0 Å². The summed E-state index contributed by atoms with van der Waals surface area (Å²) in [7, 11) is 3.31. The van der Waals surface area contributed by atoms with Crippen LogP contribution >= 0.6 is 15.9 Å². The number of methoxy groups -OCH3 is 1. The Morgan fingerprint density at radius 1 is 1.47 bits per heavy atom. The molecule has 0 aliphatic rings. The summed E-state index contributed by atoms with van der Waals surface area (Å²) < 4.78 is 7.23. The molecule has 2 rings (SSSR count). The second kappa shape index (κ2) is 4.76. The first-order chi connectivity index (χ1) is 8.13. The Morgan fingerprint density at radius 3 is 2.82 bits per heavy atom. The first-order valence-electron chi connectivity index (χ1n) is 4.80. The Balaban J connectivity index is 2.40. The maximum absolute atomic E-state index is 6.11. The molecule has 0 saturated heterocycles. The molecule has 90 valence electrons. The zero-order valence-electron chi connectivity index (χ0n) is 9.33. The fourth-order valence-corrected chi connectivity index (χ4v) is 2.02. The van der Waals surface area contributed by atoms with E-state index in [9.17, 15) is 0 Å². The Morgan fingerprint density at radius 2 is 2.24 bits per heavy atom. The van der Waals surface area contributed by atoms with Gasteiger partial charge in [-0.15, -0.1) is 5.10 Å². The molecule has 2 heterocycles. The highest BCUT2D eigenvalue weighted by atomic mass is 79.9. The number of aromatic nitrogens is 5. The number of aryl methyl sites for hydroxylation is 1. The predicted octanol–water partition coefficient (Wildman–Crippen LogP) is 0.424. The topological polar surface area (TPSA) is 91.7 Å². The van der Waals surface area contributed by atoms with Crippen molar-refractivity contribution in [1.29, 1.82) is 0 Å². The van der Waals surface area contributed by atoms with E-state index in [2.05, 4.69) is 36.2 Å². The second-order valence-electron chi connectivity index (χ2n) is 3.35. The molecule has 0 amide bonds. The summed E-state index contributed by atoms with van der Waals surface area (Å²) in [5, 5.41) is 7.75. The van der Waals surface area contributed by atoms with E-state index in [4.69, 9.17) is 10.5 Å². The van der Waals surface area contributed by atoms with Crippen LogP contribution in [0.25, 0.3) is 0 Å². The first-order valence-corrected chi connectivity index (χ1v) is 5.59. The standard InChI is InChI=1S/C9H11BrN6O/c1-16-8(9(10)14-15-16)7(11)5-3-6(17-2)13-4-12-5/h3-4,7H,11H2,1-2H3. The van der Waals surface area contributed by atoms with Crippen LogP contribution in [0.1, 0.15) is 17.4 Å². The summed E-state index contributed by atoms with van der Waals surface area (Å²) in [6, 6.07) is 1.24. The molecule has 17 heavy (non-hydrogen) atoms. The van der Waals surface area contributed by atoms with Gasteiger partial charge in [0.25, 0.3) is 0 Å². The van der Waals surface area contributed by atoms with E-state index in [-0.39, 0.29) is 0 Å². The van der Waals surface area contributed by atoms with Gasteiger partial charge in [0.15, 0.2) is 4.60 Å². The van der Waals surface area contributed by atoms with Gasteiger partial charge >= 0.3 is 0 Å². The Bertz CT molecular complexity index is 508. The van der Waals surface area contributed by atoms with Crippen molar-refractivity contribution in [3.63, 3.8) is 0 Å². The predicted molar refractivity (Wildman–Crippen MR) is 63.3 cm³/mol. The second-order valence-corrected chi connectivity index (χ2v) is 4.10. The zero-order chi connectivity index (χ0) is 12.4. The molecule has 0 spiro atoms.